The molecule has 0 aromatic heterocycles. The van der Waals surface area contributed by atoms with Crippen LogP contribution in [0.1, 0.15) is 27.7 Å². The second kappa shape index (κ2) is 6.08. The lowest BCUT2D eigenvalue weighted by molar-refractivity contribution is -0.122. The van der Waals surface area contributed by atoms with Crippen LogP contribution in [0.2, 0.25) is 0 Å². The molecule has 0 rings (SSSR count). The standard InChI is InChI=1S/C11H24N2O2/c1-9(2)6-12-10(14)7-13(5)8-11(3,4)15/h9,15H,6-8H2,1-5H3,(H,12,14). The predicted octanol–water partition coefficient (Wildman–Crippen LogP) is 0.461. The summed E-state index contributed by atoms with van der Waals surface area (Å²) in [4.78, 5) is 13.2. The Morgan fingerprint density at radius 3 is 2.40 bits per heavy atom. The fourth-order valence-corrected chi connectivity index (χ4v) is 1.34. The summed E-state index contributed by atoms with van der Waals surface area (Å²) in [6, 6.07) is 0. The summed E-state index contributed by atoms with van der Waals surface area (Å²) in [5.41, 5.74) is -0.757. The van der Waals surface area contributed by atoms with E-state index < -0.39 is 5.60 Å². The number of nitrogens with one attached hydrogen (secondary N) is 1. The average molecular weight is 216 g/mol. The molecule has 0 bridgehead atoms. The molecule has 0 aromatic rings. The maximum absolute atomic E-state index is 11.4. The molecule has 0 saturated heterocycles. The van der Waals surface area contributed by atoms with Crippen molar-refractivity contribution in [2.45, 2.75) is 33.3 Å². The lowest BCUT2D eigenvalue weighted by Crippen LogP contribution is -2.42. The van der Waals surface area contributed by atoms with Crippen molar-refractivity contribution in [2.24, 2.45) is 5.92 Å². The quantitative estimate of drug-likeness (QED) is 0.678. The summed E-state index contributed by atoms with van der Waals surface area (Å²) in [5.74, 6) is 0.476. The highest BCUT2D eigenvalue weighted by Crippen LogP contribution is 2.02. The van der Waals surface area contributed by atoms with Gasteiger partial charge in [0.2, 0.25) is 5.91 Å². The Morgan fingerprint density at radius 2 is 2.00 bits per heavy atom. The first-order valence-electron chi connectivity index (χ1n) is 5.38. The molecule has 0 aromatic carbocycles. The number of carbonyl (C=O) groups is 1. The zero-order chi connectivity index (χ0) is 12.1. The molecular formula is C11H24N2O2. The lowest BCUT2D eigenvalue weighted by Gasteiger charge is -2.24. The van der Waals surface area contributed by atoms with E-state index in [1.165, 1.54) is 0 Å². The van der Waals surface area contributed by atoms with Crippen LogP contribution in [-0.4, -0.2) is 48.2 Å². The van der Waals surface area contributed by atoms with Crippen molar-refractivity contribution in [2.75, 3.05) is 26.7 Å². The van der Waals surface area contributed by atoms with Crippen LogP contribution in [0.4, 0.5) is 0 Å². The van der Waals surface area contributed by atoms with Crippen molar-refractivity contribution >= 4 is 5.91 Å². The van der Waals surface area contributed by atoms with E-state index in [0.29, 0.717) is 25.6 Å². The normalized spacial score (nSPS) is 12.3. The predicted molar refractivity (Wildman–Crippen MR) is 61.6 cm³/mol. The molecule has 0 heterocycles. The van der Waals surface area contributed by atoms with Gasteiger partial charge in [-0.1, -0.05) is 13.8 Å². The van der Waals surface area contributed by atoms with Gasteiger partial charge < -0.3 is 10.4 Å². The van der Waals surface area contributed by atoms with Crippen LogP contribution in [0, 0.1) is 5.92 Å². The van der Waals surface area contributed by atoms with Crippen LogP contribution >= 0.6 is 0 Å². The van der Waals surface area contributed by atoms with Crippen molar-refractivity contribution in [1.29, 1.82) is 0 Å². The molecule has 0 radical (unpaired) electrons. The topological polar surface area (TPSA) is 52.6 Å². The molecule has 1 amide bonds. The van der Waals surface area contributed by atoms with Crippen molar-refractivity contribution < 1.29 is 9.90 Å². The molecule has 0 fully saturated rings. The van der Waals surface area contributed by atoms with Crippen molar-refractivity contribution in [3.05, 3.63) is 0 Å². The highest BCUT2D eigenvalue weighted by molar-refractivity contribution is 5.77. The van der Waals surface area contributed by atoms with Crippen molar-refractivity contribution in [1.82, 2.24) is 10.2 Å². The molecule has 2 N–H and O–H groups in total. The van der Waals surface area contributed by atoms with Gasteiger partial charge in [0, 0.05) is 13.1 Å². The fourth-order valence-electron chi connectivity index (χ4n) is 1.34. The van der Waals surface area contributed by atoms with Gasteiger partial charge in [0.15, 0.2) is 0 Å². The van der Waals surface area contributed by atoms with Crippen LogP contribution in [0.15, 0.2) is 0 Å². The molecule has 0 aliphatic rings. The number of aliphatic hydroxyl groups is 1. The van der Waals surface area contributed by atoms with E-state index in [1.807, 2.05) is 11.9 Å². The Kier molecular flexibility index (Phi) is 5.83. The first-order chi connectivity index (χ1) is 6.70. The van der Waals surface area contributed by atoms with E-state index in [0.717, 1.165) is 0 Å². The largest absolute Gasteiger partial charge is 0.389 e. The van der Waals surface area contributed by atoms with Gasteiger partial charge >= 0.3 is 0 Å². The smallest absolute Gasteiger partial charge is 0.234 e. The number of hydrogen-bond donors (Lipinski definition) is 2. The minimum absolute atomic E-state index is 0.00968. The molecule has 4 nitrogen and oxygen atoms in total. The van der Waals surface area contributed by atoms with Gasteiger partial charge in [-0.05, 0) is 26.8 Å². The molecule has 0 saturated carbocycles. The average Bonchev–Trinajstić information content (AvgIpc) is 1.96. The summed E-state index contributed by atoms with van der Waals surface area (Å²) >= 11 is 0. The van der Waals surface area contributed by atoms with Crippen LogP contribution in [0.3, 0.4) is 0 Å². The van der Waals surface area contributed by atoms with Crippen molar-refractivity contribution in [3.63, 3.8) is 0 Å². The third-order valence-electron chi connectivity index (χ3n) is 1.78. The number of rotatable bonds is 6. The van der Waals surface area contributed by atoms with Crippen LogP contribution in [0.25, 0.3) is 0 Å². The highest BCUT2D eigenvalue weighted by atomic mass is 16.3. The molecule has 0 spiro atoms. The number of hydrogen-bond acceptors (Lipinski definition) is 3. The van der Waals surface area contributed by atoms with Crippen LogP contribution < -0.4 is 5.32 Å². The second-order valence-corrected chi connectivity index (χ2v) is 5.18. The molecular weight excluding hydrogens is 192 g/mol. The molecule has 0 unspecified atom stereocenters. The number of carbonyl (C=O) groups excluding carboxylic acids is 1. The maximum atomic E-state index is 11.4. The zero-order valence-electron chi connectivity index (χ0n) is 10.5. The summed E-state index contributed by atoms with van der Waals surface area (Å²) < 4.78 is 0. The Morgan fingerprint density at radius 1 is 1.47 bits per heavy atom. The van der Waals surface area contributed by atoms with Gasteiger partial charge in [0.05, 0.1) is 12.1 Å². The Hall–Kier alpha value is -0.610. The van der Waals surface area contributed by atoms with E-state index in [4.69, 9.17) is 0 Å². The van der Waals surface area contributed by atoms with Gasteiger partial charge in [0.1, 0.15) is 0 Å². The highest BCUT2D eigenvalue weighted by Gasteiger charge is 2.17. The van der Waals surface area contributed by atoms with Gasteiger partial charge in [-0.25, -0.2) is 0 Å². The van der Waals surface area contributed by atoms with E-state index in [1.54, 1.807) is 13.8 Å². The van der Waals surface area contributed by atoms with Gasteiger partial charge in [0.25, 0.3) is 0 Å². The van der Waals surface area contributed by atoms with Gasteiger partial charge in [-0.2, -0.15) is 0 Å². The Labute approximate surface area is 92.7 Å². The van der Waals surface area contributed by atoms with E-state index in [-0.39, 0.29) is 5.91 Å². The molecule has 0 aliphatic heterocycles. The summed E-state index contributed by atoms with van der Waals surface area (Å²) in [7, 11) is 1.83. The maximum Gasteiger partial charge on any atom is 0.234 e. The SMILES string of the molecule is CC(C)CNC(=O)CN(C)CC(C)(C)O. The van der Waals surface area contributed by atoms with Gasteiger partial charge in [-0.3, -0.25) is 9.69 Å². The van der Waals surface area contributed by atoms with E-state index >= 15 is 0 Å². The number of likely N-dealkylation sites (N-methyl/N-ethyl adjacent to an activating group) is 1. The minimum atomic E-state index is -0.757. The Bertz CT molecular complexity index is 197. The lowest BCUT2D eigenvalue weighted by atomic mass is 10.1. The first kappa shape index (κ1) is 14.4. The third kappa shape index (κ3) is 9.69. The molecule has 15 heavy (non-hydrogen) atoms. The minimum Gasteiger partial charge on any atom is -0.389 e. The third-order valence-corrected chi connectivity index (χ3v) is 1.78. The van der Waals surface area contributed by atoms with Gasteiger partial charge in [-0.15, -0.1) is 0 Å². The summed E-state index contributed by atoms with van der Waals surface area (Å²) in [6.45, 7) is 9.10. The first-order valence-corrected chi connectivity index (χ1v) is 5.38. The van der Waals surface area contributed by atoms with E-state index in [2.05, 4.69) is 19.2 Å². The number of nitrogens with zero attached hydrogens (tertiary/aromatic N) is 1. The molecule has 4 heteroatoms. The molecule has 0 aliphatic carbocycles. The summed E-state index contributed by atoms with van der Waals surface area (Å²) in [5, 5.41) is 12.4. The molecule has 90 valence electrons. The second-order valence-electron chi connectivity index (χ2n) is 5.18. The van der Waals surface area contributed by atoms with Crippen molar-refractivity contribution in [3.8, 4) is 0 Å². The zero-order valence-corrected chi connectivity index (χ0v) is 10.5. The van der Waals surface area contributed by atoms with E-state index in [9.17, 15) is 9.90 Å². The fraction of sp³-hybridized carbons (Fsp3) is 0.909. The van der Waals surface area contributed by atoms with Crippen LogP contribution in [-0.2, 0) is 4.79 Å². The Balaban J connectivity index is 3.77. The number of amides is 1. The van der Waals surface area contributed by atoms with Crippen LogP contribution in [0.5, 0.6) is 0 Å². The summed E-state index contributed by atoms with van der Waals surface area (Å²) in [6.07, 6.45) is 0. The molecule has 0 atom stereocenters. The monoisotopic (exact) mass is 216 g/mol.